The van der Waals surface area contributed by atoms with E-state index in [0.717, 1.165) is 17.3 Å². The average molecular weight is 417 g/mol. The van der Waals surface area contributed by atoms with E-state index in [4.69, 9.17) is 4.74 Å². The Balaban J connectivity index is 1.69. The first-order valence-electron chi connectivity index (χ1n) is 8.86. The van der Waals surface area contributed by atoms with Crippen molar-refractivity contribution >= 4 is 41.1 Å². The molecule has 9 heteroatoms. The number of imide groups is 1. The topological polar surface area (TPSA) is 106 Å². The number of nitrogens with zero attached hydrogens (tertiary/aromatic N) is 1. The number of amides is 3. The fourth-order valence-electron chi connectivity index (χ4n) is 2.28. The molecule has 0 aliphatic carbocycles. The van der Waals surface area contributed by atoms with Gasteiger partial charge in [-0.25, -0.2) is 0 Å². The van der Waals surface area contributed by atoms with Crippen molar-refractivity contribution in [2.24, 2.45) is 7.05 Å². The summed E-state index contributed by atoms with van der Waals surface area (Å²) in [6, 6.07) is 10.6. The standard InChI is InChI=1S/C20H23N3O5S/c1-13-6-8-15(9-7-13)21-18(25)12-29-14(2)20(27)28-11-17(24)22-19(26)16-5-4-10-23(16)3/h4-10,14H,11-12H2,1-3H3,(H,21,25)(H,22,24,26)/t14-/m1/s1. The molecule has 2 aromatic rings. The van der Waals surface area contributed by atoms with Crippen LogP contribution in [0.3, 0.4) is 0 Å². The van der Waals surface area contributed by atoms with Crippen LogP contribution in [0.5, 0.6) is 0 Å². The average Bonchev–Trinajstić information content (AvgIpc) is 3.12. The maximum Gasteiger partial charge on any atom is 0.319 e. The highest BCUT2D eigenvalue weighted by atomic mass is 32.2. The summed E-state index contributed by atoms with van der Waals surface area (Å²) >= 11 is 1.09. The number of thioether (sulfide) groups is 1. The number of rotatable bonds is 8. The Morgan fingerprint density at radius 2 is 1.79 bits per heavy atom. The van der Waals surface area contributed by atoms with Gasteiger partial charge in [0.1, 0.15) is 10.9 Å². The molecule has 0 saturated carbocycles. The van der Waals surface area contributed by atoms with Crippen molar-refractivity contribution in [2.75, 3.05) is 17.7 Å². The van der Waals surface area contributed by atoms with Crippen LogP contribution in [0.1, 0.15) is 23.0 Å². The molecule has 0 fully saturated rings. The van der Waals surface area contributed by atoms with Gasteiger partial charge in [-0.3, -0.25) is 24.5 Å². The molecule has 29 heavy (non-hydrogen) atoms. The quantitative estimate of drug-likeness (QED) is 0.636. The molecule has 0 unspecified atom stereocenters. The lowest BCUT2D eigenvalue weighted by Gasteiger charge is -2.11. The lowest BCUT2D eigenvalue weighted by molar-refractivity contribution is -0.147. The van der Waals surface area contributed by atoms with Crippen LogP contribution >= 0.6 is 11.8 Å². The summed E-state index contributed by atoms with van der Waals surface area (Å²) in [5.41, 5.74) is 2.08. The molecule has 154 valence electrons. The van der Waals surface area contributed by atoms with Gasteiger partial charge in [0, 0.05) is 18.9 Å². The summed E-state index contributed by atoms with van der Waals surface area (Å²) in [6.45, 7) is 2.96. The molecule has 0 aliphatic heterocycles. The normalized spacial score (nSPS) is 11.4. The predicted octanol–water partition coefficient (Wildman–Crippen LogP) is 1.89. The maximum atomic E-state index is 12.0. The minimum absolute atomic E-state index is 0.0579. The van der Waals surface area contributed by atoms with Crippen LogP contribution in [0.4, 0.5) is 5.69 Å². The van der Waals surface area contributed by atoms with Crippen molar-refractivity contribution in [2.45, 2.75) is 19.1 Å². The fourth-order valence-corrected chi connectivity index (χ4v) is 2.96. The molecule has 0 spiro atoms. The Bertz CT molecular complexity index is 892. The van der Waals surface area contributed by atoms with Crippen LogP contribution in [-0.2, 0) is 26.2 Å². The van der Waals surface area contributed by atoms with E-state index in [-0.39, 0.29) is 11.7 Å². The number of aromatic nitrogens is 1. The molecular weight excluding hydrogens is 394 g/mol. The molecule has 1 heterocycles. The smallest absolute Gasteiger partial charge is 0.319 e. The number of benzene rings is 1. The van der Waals surface area contributed by atoms with Gasteiger partial charge in [0.05, 0.1) is 5.75 Å². The highest BCUT2D eigenvalue weighted by Crippen LogP contribution is 2.14. The van der Waals surface area contributed by atoms with E-state index in [1.54, 1.807) is 49.0 Å². The Hall–Kier alpha value is -3.07. The first-order chi connectivity index (χ1) is 13.8. The second kappa shape index (κ2) is 10.5. The molecule has 0 saturated heterocycles. The summed E-state index contributed by atoms with van der Waals surface area (Å²) in [6.07, 6.45) is 1.67. The van der Waals surface area contributed by atoms with E-state index in [0.29, 0.717) is 11.4 Å². The molecule has 1 atom stereocenters. The van der Waals surface area contributed by atoms with E-state index in [9.17, 15) is 19.2 Å². The van der Waals surface area contributed by atoms with Gasteiger partial charge in [-0.2, -0.15) is 0 Å². The minimum Gasteiger partial charge on any atom is -0.455 e. The lowest BCUT2D eigenvalue weighted by Crippen LogP contribution is -2.35. The summed E-state index contributed by atoms with van der Waals surface area (Å²) < 4.78 is 6.48. The second-order valence-electron chi connectivity index (χ2n) is 6.36. The first-order valence-corrected chi connectivity index (χ1v) is 9.91. The number of esters is 1. The monoisotopic (exact) mass is 417 g/mol. The second-order valence-corrected chi connectivity index (χ2v) is 7.69. The largest absolute Gasteiger partial charge is 0.455 e. The summed E-state index contributed by atoms with van der Waals surface area (Å²) in [5.74, 6) is -2.13. The van der Waals surface area contributed by atoms with Crippen molar-refractivity contribution in [1.29, 1.82) is 0 Å². The highest BCUT2D eigenvalue weighted by molar-refractivity contribution is 8.01. The van der Waals surface area contributed by atoms with Crippen LogP contribution in [0.15, 0.2) is 42.6 Å². The van der Waals surface area contributed by atoms with Crippen LogP contribution in [-0.4, -0.2) is 45.9 Å². The van der Waals surface area contributed by atoms with Gasteiger partial charge in [-0.05, 0) is 38.1 Å². The van der Waals surface area contributed by atoms with Gasteiger partial charge in [0.15, 0.2) is 6.61 Å². The van der Waals surface area contributed by atoms with E-state index in [2.05, 4.69) is 10.6 Å². The van der Waals surface area contributed by atoms with Gasteiger partial charge in [-0.1, -0.05) is 17.7 Å². The third kappa shape index (κ3) is 7.11. The Morgan fingerprint density at radius 3 is 2.41 bits per heavy atom. The van der Waals surface area contributed by atoms with Crippen molar-refractivity contribution in [1.82, 2.24) is 9.88 Å². The molecule has 0 bridgehead atoms. The molecule has 2 N–H and O–H groups in total. The highest BCUT2D eigenvalue weighted by Gasteiger charge is 2.19. The third-order valence-corrected chi connectivity index (χ3v) is 5.03. The van der Waals surface area contributed by atoms with Crippen molar-refractivity contribution in [3.63, 3.8) is 0 Å². The zero-order chi connectivity index (χ0) is 21.4. The van der Waals surface area contributed by atoms with Crippen LogP contribution in [0.2, 0.25) is 0 Å². The van der Waals surface area contributed by atoms with Crippen LogP contribution in [0, 0.1) is 6.92 Å². The molecule has 8 nitrogen and oxygen atoms in total. The predicted molar refractivity (Wildman–Crippen MR) is 111 cm³/mol. The van der Waals surface area contributed by atoms with Gasteiger partial charge < -0.3 is 14.6 Å². The van der Waals surface area contributed by atoms with E-state index >= 15 is 0 Å². The number of carbonyl (C=O) groups excluding carboxylic acids is 4. The van der Waals surface area contributed by atoms with Crippen molar-refractivity contribution in [3.8, 4) is 0 Å². The van der Waals surface area contributed by atoms with Crippen LogP contribution in [0.25, 0.3) is 0 Å². The first kappa shape index (κ1) is 22.2. The van der Waals surface area contributed by atoms with Gasteiger partial charge in [0.2, 0.25) is 5.91 Å². The lowest BCUT2D eigenvalue weighted by atomic mass is 10.2. The van der Waals surface area contributed by atoms with E-state index in [1.807, 2.05) is 19.1 Å². The molecule has 0 radical (unpaired) electrons. The molecular formula is C20H23N3O5S. The Morgan fingerprint density at radius 1 is 1.10 bits per heavy atom. The number of carbonyl (C=O) groups is 4. The van der Waals surface area contributed by atoms with Gasteiger partial charge in [-0.15, -0.1) is 11.8 Å². The number of hydrogen-bond donors (Lipinski definition) is 2. The number of hydrogen-bond acceptors (Lipinski definition) is 6. The number of ether oxygens (including phenoxy) is 1. The van der Waals surface area contributed by atoms with Crippen LogP contribution < -0.4 is 10.6 Å². The zero-order valence-corrected chi connectivity index (χ0v) is 17.2. The van der Waals surface area contributed by atoms with E-state index < -0.39 is 29.6 Å². The zero-order valence-electron chi connectivity index (χ0n) is 16.4. The van der Waals surface area contributed by atoms with Gasteiger partial charge in [0.25, 0.3) is 11.8 Å². The van der Waals surface area contributed by atoms with Gasteiger partial charge >= 0.3 is 5.97 Å². The number of aryl methyl sites for hydroxylation is 2. The Labute approximate surface area is 173 Å². The fraction of sp³-hybridized carbons (Fsp3) is 0.300. The Kier molecular flexibility index (Phi) is 8.02. The molecule has 3 amide bonds. The summed E-state index contributed by atoms with van der Waals surface area (Å²) in [7, 11) is 1.67. The molecule has 2 rings (SSSR count). The third-order valence-electron chi connectivity index (χ3n) is 3.91. The number of nitrogens with one attached hydrogen (secondary N) is 2. The maximum absolute atomic E-state index is 12.0. The number of anilines is 1. The molecule has 1 aromatic heterocycles. The molecule has 0 aliphatic rings. The summed E-state index contributed by atoms with van der Waals surface area (Å²) in [5, 5.41) is 4.25. The SMILES string of the molecule is Cc1ccc(NC(=O)CS[C@H](C)C(=O)OCC(=O)NC(=O)c2cccn2C)cc1. The van der Waals surface area contributed by atoms with Crippen molar-refractivity contribution in [3.05, 3.63) is 53.9 Å². The summed E-state index contributed by atoms with van der Waals surface area (Å²) in [4.78, 5) is 47.7. The minimum atomic E-state index is -0.723. The molecule has 1 aromatic carbocycles. The van der Waals surface area contributed by atoms with E-state index in [1.165, 1.54) is 0 Å². The van der Waals surface area contributed by atoms with Crippen molar-refractivity contribution < 1.29 is 23.9 Å².